The Kier molecular flexibility index (Phi) is 15.0. The van der Waals surface area contributed by atoms with E-state index in [-0.39, 0.29) is 45.2 Å². The zero-order valence-electron chi connectivity index (χ0n) is 35.3. The highest BCUT2D eigenvalue weighted by molar-refractivity contribution is 7.98. The summed E-state index contributed by atoms with van der Waals surface area (Å²) in [6, 6.07) is 5.07. The monoisotopic (exact) mass is 905 g/mol. The van der Waals surface area contributed by atoms with Gasteiger partial charge in [-0.1, -0.05) is 63.2 Å². The average molecular weight is 906 g/mol. The molecule has 6 rings (SSSR count). The predicted molar refractivity (Wildman–Crippen MR) is 227 cm³/mol. The number of fused-ring (bicyclic) bond motifs is 1. The van der Waals surface area contributed by atoms with Gasteiger partial charge in [-0.3, -0.25) is 4.79 Å². The number of aryl methyl sites for hydroxylation is 2. The molecule has 0 spiro atoms. The minimum absolute atomic E-state index is 0.0344. The summed E-state index contributed by atoms with van der Waals surface area (Å²) in [5.41, 5.74) is 8.11. The second-order valence-electron chi connectivity index (χ2n) is 14.6. The molecule has 0 fully saturated rings. The number of rotatable bonds is 8. The number of aromatic nitrogens is 9. The number of carbonyl (C=O) groups is 2. The highest BCUT2D eigenvalue weighted by atomic mass is 32.2. The van der Waals surface area contributed by atoms with Crippen LogP contribution in [0.2, 0.25) is 0 Å². The lowest BCUT2D eigenvalue weighted by molar-refractivity contribution is 0.0597. The van der Waals surface area contributed by atoms with Crippen molar-refractivity contribution in [3.63, 3.8) is 0 Å². The number of thiophene rings is 1. The number of sulfonamides is 1. The van der Waals surface area contributed by atoms with Gasteiger partial charge in [0.25, 0.3) is 15.6 Å². The second kappa shape index (κ2) is 19.2. The number of nitrogens with one attached hydrogen (secondary N) is 2. The topological polar surface area (TPSA) is 289 Å². The van der Waals surface area contributed by atoms with Crippen molar-refractivity contribution in [2.24, 2.45) is 13.0 Å². The van der Waals surface area contributed by atoms with Gasteiger partial charge < -0.3 is 26.4 Å². The Balaban J connectivity index is 0.000000209. The SMILES string of the molecule is COC(=O)c1csc(C)c1S(=O)(=O)NC(=O)n1nc(OC)n(C)c1=O.CSc1nnc(C(C)(C)C)c(=O)n1N.Cc1ccc2c(c1)[C@H](Nc1nc(N)nc(C(C)F)n1)[C@@H](C)C2. The Morgan fingerprint density at radius 2 is 1.79 bits per heavy atom. The van der Waals surface area contributed by atoms with Crippen LogP contribution in [0.25, 0.3) is 0 Å². The van der Waals surface area contributed by atoms with Gasteiger partial charge >= 0.3 is 23.7 Å². The van der Waals surface area contributed by atoms with Crippen LogP contribution in [0, 0.1) is 19.8 Å². The van der Waals surface area contributed by atoms with E-state index in [0.717, 1.165) is 34.1 Å². The standard InChI is InChI=1S/C16H20FN5.C12H14N4O7S2.C8H14N4OS/c1-8-4-5-11-7-9(2)13(12(11)6-8)19-16-21-14(10(3)17)20-15(18)22-16;1-6-8(7(5-24-6)9(17)22-3)25(20,21)14-10(18)16-12(19)15(2)11(13-16)23-4;1-8(2,3)5-6(13)12(9)7(14-4)11-10-5/h4-6,9-10,13H,7H2,1-3H3,(H3,18,19,20,21,22);5H,1-4H3,(H,14,18);9H2,1-4H3/t9-,10?,13+;;/m0../s1. The van der Waals surface area contributed by atoms with Gasteiger partial charge in [0, 0.05) is 22.7 Å². The summed E-state index contributed by atoms with van der Waals surface area (Å²) in [6.07, 6.45) is 1.52. The van der Waals surface area contributed by atoms with Crippen LogP contribution in [0.1, 0.15) is 90.3 Å². The van der Waals surface area contributed by atoms with E-state index in [0.29, 0.717) is 27.4 Å². The van der Waals surface area contributed by atoms with Crippen LogP contribution >= 0.6 is 23.1 Å². The highest BCUT2D eigenvalue weighted by Gasteiger charge is 2.32. The summed E-state index contributed by atoms with van der Waals surface area (Å²) in [4.78, 5) is 59.4. The molecule has 1 amide bonds. The average Bonchev–Trinajstić information content (AvgIpc) is 3.83. The Bertz CT molecular complexity index is 2660. The molecule has 0 radical (unpaired) electrons. The number of nitrogen functional groups attached to an aromatic ring is 2. The van der Waals surface area contributed by atoms with E-state index >= 15 is 0 Å². The number of hydrogen-bond acceptors (Lipinski definition) is 19. The lowest BCUT2D eigenvalue weighted by Gasteiger charge is -2.19. The van der Waals surface area contributed by atoms with Crippen molar-refractivity contribution < 1.29 is 31.9 Å². The van der Waals surface area contributed by atoms with E-state index in [1.54, 1.807) is 11.0 Å². The molecule has 1 aliphatic rings. The fourth-order valence-electron chi connectivity index (χ4n) is 5.93. The van der Waals surface area contributed by atoms with E-state index in [9.17, 15) is 32.0 Å². The Hall–Kier alpha value is -5.95. The number of hydrogen-bond donors (Lipinski definition) is 4. The first-order valence-electron chi connectivity index (χ1n) is 18.2. The van der Waals surface area contributed by atoms with E-state index in [4.69, 9.17) is 16.3 Å². The number of thioether (sulfide) groups is 1. The number of esters is 1. The van der Waals surface area contributed by atoms with Gasteiger partial charge in [-0.25, -0.2) is 36.5 Å². The maximum Gasteiger partial charge on any atom is 0.360 e. The lowest BCUT2D eigenvalue weighted by atomic mass is 9.93. The molecule has 0 saturated carbocycles. The molecule has 4 heterocycles. The fraction of sp³-hybridized carbons (Fsp3) is 0.444. The molecule has 330 valence electrons. The molecule has 1 aromatic carbocycles. The number of amides is 1. The first kappa shape index (κ1) is 47.7. The predicted octanol–water partition coefficient (Wildman–Crippen LogP) is 3.20. The fourth-order valence-corrected chi connectivity index (χ4v) is 8.84. The number of carbonyl (C=O) groups excluding carboxylic acids is 2. The molecule has 61 heavy (non-hydrogen) atoms. The quantitative estimate of drug-likeness (QED) is 0.0987. The molecular weight excluding hydrogens is 858 g/mol. The van der Waals surface area contributed by atoms with Crippen LogP contribution in [0.15, 0.2) is 43.2 Å². The molecule has 4 aromatic heterocycles. The molecule has 1 aliphatic carbocycles. The summed E-state index contributed by atoms with van der Waals surface area (Å²) in [5.74, 6) is 5.53. The van der Waals surface area contributed by atoms with Gasteiger partial charge in [-0.15, -0.1) is 31.3 Å². The molecule has 6 N–H and O–H groups in total. The third-order valence-electron chi connectivity index (χ3n) is 8.94. The molecule has 0 bridgehead atoms. The largest absolute Gasteiger partial charge is 0.467 e. The number of nitrogens with zero attached hydrogens (tertiary/aromatic N) is 9. The Morgan fingerprint density at radius 1 is 1.11 bits per heavy atom. The van der Waals surface area contributed by atoms with Gasteiger partial charge in [0.1, 0.15) is 10.6 Å². The maximum absolute atomic E-state index is 13.4. The van der Waals surface area contributed by atoms with Crippen molar-refractivity contribution in [1.82, 2.24) is 48.9 Å². The number of anilines is 2. The lowest BCUT2D eigenvalue weighted by Crippen LogP contribution is -2.40. The summed E-state index contributed by atoms with van der Waals surface area (Å²) in [5, 5.41) is 16.4. The summed E-state index contributed by atoms with van der Waals surface area (Å²) < 4.78 is 51.7. The van der Waals surface area contributed by atoms with Crippen LogP contribution in [0.5, 0.6) is 6.01 Å². The van der Waals surface area contributed by atoms with Gasteiger partial charge in [-0.2, -0.15) is 19.6 Å². The molecule has 1 unspecified atom stereocenters. The molecule has 0 saturated heterocycles. The second-order valence-corrected chi connectivity index (χ2v) is 18.1. The van der Waals surface area contributed by atoms with Crippen molar-refractivity contribution in [3.8, 4) is 6.01 Å². The van der Waals surface area contributed by atoms with Crippen LogP contribution in [-0.4, -0.2) is 85.1 Å². The molecule has 5 aromatic rings. The van der Waals surface area contributed by atoms with Gasteiger partial charge in [0.15, 0.2) is 12.0 Å². The van der Waals surface area contributed by atoms with E-state index < -0.39 is 38.8 Å². The van der Waals surface area contributed by atoms with Crippen molar-refractivity contribution in [2.45, 2.75) is 82.6 Å². The first-order chi connectivity index (χ1) is 28.4. The molecular formula is C36H48FN13O8S3. The van der Waals surface area contributed by atoms with E-state index in [1.165, 1.54) is 61.8 Å². The van der Waals surface area contributed by atoms with Crippen molar-refractivity contribution >= 4 is 57.0 Å². The van der Waals surface area contributed by atoms with E-state index in [1.807, 2.05) is 20.8 Å². The van der Waals surface area contributed by atoms with Crippen LogP contribution in [0.3, 0.4) is 0 Å². The zero-order valence-corrected chi connectivity index (χ0v) is 37.7. The molecule has 3 atom stereocenters. The maximum atomic E-state index is 13.4. The minimum atomic E-state index is -4.45. The van der Waals surface area contributed by atoms with Gasteiger partial charge in [0.05, 0.1) is 25.8 Å². The van der Waals surface area contributed by atoms with Crippen LogP contribution < -0.4 is 37.6 Å². The molecule has 25 heteroatoms. The Labute approximate surface area is 358 Å². The minimum Gasteiger partial charge on any atom is -0.467 e. The molecule has 0 aliphatic heterocycles. The summed E-state index contributed by atoms with van der Waals surface area (Å²) in [7, 11) is -0.816. The number of methoxy groups -OCH3 is 2. The normalized spacial score (nSPS) is 15.0. The number of benzene rings is 1. The van der Waals surface area contributed by atoms with Crippen LogP contribution in [-0.2, 0) is 33.6 Å². The molecule has 21 nitrogen and oxygen atoms in total. The van der Waals surface area contributed by atoms with Crippen molar-refractivity contribution in [2.75, 3.05) is 37.4 Å². The van der Waals surface area contributed by atoms with Gasteiger partial charge in [0.2, 0.25) is 17.1 Å². The Morgan fingerprint density at radius 3 is 2.36 bits per heavy atom. The van der Waals surface area contributed by atoms with E-state index in [2.05, 4.69) is 72.3 Å². The highest BCUT2D eigenvalue weighted by Crippen LogP contribution is 2.38. The number of ether oxygens (including phenoxy) is 2. The third kappa shape index (κ3) is 10.9. The smallest absolute Gasteiger partial charge is 0.360 e. The van der Waals surface area contributed by atoms with Crippen molar-refractivity contribution in [3.05, 3.63) is 83.1 Å². The number of nitrogens with two attached hydrogens (primary N) is 2. The van der Waals surface area contributed by atoms with Crippen molar-refractivity contribution in [1.29, 1.82) is 0 Å². The number of halogens is 1. The third-order valence-corrected chi connectivity index (χ3v) is 12.1. The summed E-state index contributed by atoms with van der Waals surface area (Å²) >= 11 is 2.29. The zero-order chi connectivity index (χ0) is 45.7. The van der Waals surface area contributed by atoms with Crippen LogP contribution in [0.4, 0.5) is 21.1 Å². The number of alkyl halides is 1. The van der Waals surface area contributed by atoms with Gasteiger partial charge in [-0.05, 0) is 50.5 Å². The summed E-state index contributed by atoms with van der Waals surface area (Å²) in [6.45, 7) is 12.8. The first-order valence-corrected chi connectivity index (χ1v) is 21.8.